The second-order valence-electron chi connectivity index (χ2n) is 3.27. The van der Waals surface area contributed by atoms with Gasteiger partial charge in [-0.2, -0.15) is 0 Å². The van der Waals surface area contributed by atoms with Crippen LogP contribution in [0.2, 0.25) is 5.02 Å². The Bertz CT molecular complexity index is 636. The van der Waals surface area contributed by atoms with Crippen LogP contribution in [0.25, 0.3) is 5.65 Å². The summed E-state index contributed by atoms with van der Waals surface area (Å²) >= 11 is 5.78. The van der Waals surface area contributed by atoms with Gasteiger partial charge in [-0.25, -0.2) is 9.78 Å². The van der Waals surface area contributed by atoms with Crippen LogP contribution in [0.1, 0.15) is 17.3 Å². The molecule has 0 amide bonds. The molecule has 2 rings (SSSR count). The molecular weight excluding hydrogens is 244 g/mol. The molecule has 0 unspecified atom stereocenters. The minimum atomic E-state index is -0.672. The molecule has 88 valence electrons. The van der Waals surface area contributed by atoms with Gasteiger partial charge < -0.3 is 4.74 Å². The van der Waals surface area contributed by atoms with Gasteiger partial charge in [0.1, 0.15) is 11.2 Å². The summed E-state index contributed by atoms with van der Waals surface area (Å²) in [6, 6.07) is 3.09. The topological polar surface area (TPSA) is 60.7 Å². The molecule has 0 spiro atoms. The van der Waals surface area contributed by atoms with E-state index in [1.54, 1.807) is 13.0 Å². The number of fused-ring (bicyclic) bond motifs is 1. The summed E-state index contributed by atoms with van der Waals surface area (Å²) in [5.74, 6) is -0.672. The highest BCUT2D eigenvalue weighted by Crippen LogP contribution is 2.09. The molecule has 0 N–H and O–H groups in total. The van der Waals surface area contributed by atoms with Crippen molar-refractivity contribution in [3.63, 3.8) is 0 Å². The first-order valence-corrected chi connectivity index (χ1v) is 5.35. The Morgan fingerprint density at radius 1 is 1.59 bits per heavy atom. The maximum Gasteiger partial charge on any atom is 0.345 e. The van der Waals surface area contributed by atoms with Crippen LogP contribution in [0.5, 0.6) is 0 Å². The minimum absolute atomic E-state index is 0.0910. The lowest BCUT2D eigenvalue weighted by Crippen LogP contribution is -2.24. The lowest BCUT2D eigenvalue weighted by molar-refractivity contribution is 0.0523. The molecule has 17 heavy (non-hydrogen) atoms. The highest BCUT2D eigenvalue weighted by Gasteiger charge is 2.13. The minimum Gasteiger partial charge on any atom is -0.462 e. The van der Waals surface area contributed by atoms with E-state index < -0.39 is 11.5 Å². The Balaban J connectivity index is 2.62. The predicted molar refractivity (Wildman–Crippen MR) is 62.4 cm³/mol. The number of esters is 1. The molecule has 2 aromatic heterocycles. The number of halogens is 1. The van der Waals surface area contributed by atoms with E-state index >= 15 is 0 Å². The fourth-order valence-electron chi connectivity index (χ4n) is 1.40. The van der Waals surface area contributed by atoms with Crippen LogP contribution in [0.3, 0.4) is 0 Å². The van der Waals surface area contributed by atoms with Gasteiger partial charge in [-0.15, -0.1) is 0 Å². The number of nitrogens with zero attached hydrogens (tertiary/aromatic N) is 2. The van der Waals surface area contributed by atoms with Crippen molar-refractivity contribution in [3.05, 3.63) is 45.5 Å². The molecule has 0 radical (unpaired) electrons. The second-order valence-corrected chi connectivity index (χ2v) is 3.71. The maximum absolute atomic E-state index is 11.9. The molecule has 0 aliphatic rings. The summed E-state index contributed by atoms with van der Waals surface area (Å²) in [4.78, 5) is 27.4. The first-order chi connectivity index (χ1) is 8.13. The zero-order valence-corrected chi connectivity index (χ0v) is 9.77. The van der Waals surface area contributed by atoms with Gasteiger partial charge in [0.15, 0.2) is 0 Å². The van der Waals surface area contributed by atoms with E-state index in [-0.39, 0.29) is 12.2 Å². The van der Waals surface area contributed by atoms with Crippen molar-refractivity contribution < 1.29 is 9.53 Å². The fourth-order valence-corrected chi connectivity index (χ4v) is 1.55. The molecule has 2 aromatic rings. The van der Waals surface area contributed by atoms with Crippen LogP contribution in [-0.2, 0) is 4.74 Å². The molecule has 0 atom stereocenters. The lowest BCUT2D eigenvalue weighted by Gasteiger charge is -2.03. The Morgan fingerprint density at radius 2 is 2.35 bits per heavy atom. The molecule has 0 aliphatic carbocycles. The van der Waals surface area contributed by atoms with Crippen LogP contribution < -0.4 is 5.56 Å². The van der Waals surface area contributed by atoms with Crippen LogP contribution in [0.4, 0.5) is 0 Å². The summed E-state index contributed by atoms with van der Waals surface area (Å²) < 4.78 is 6.01. The van der Waals surface area contributed by atoms with Gasteiger partial charge >= 0.3 is 5.97 Å². The largest absolute Gasteiger partial charge is 0.462 e. The highest BCUT2D eigenvalue weighted by molar-refractivity contribution is 6.30. The number of carbonyl (C=O) groups is 1. The van der Waals surface area contributed by atoms with E-state index in [1.807, 2.05) is 0 Å². The smallest absolute Gasteiger partial charge is 0.345 e. The van der Waals surface area contributed by atoms with Gasteiger partial charge in [-0.05, 0) is 13.0 Å². The predicted octanol–water partition coefficient (Wildman–Crippen LogP) is 1.52. The van der Waals surface area contributed by atoms with E-state index in [0.717, 1.165) is 0 Å². The zero-order chi connectivity index (χ0) is 12.4. The summed E-state index contributed by atoms with van der Waals surface area (Å²) in [6.07, 6.45) is 2.67. The van der Waals surface area contributed by atoms with Crippen LogP contribution in [0.15, 0.2) is 29.3 Å². The van der Waals surface area contributed by atoms with E-state index in [0.29, 0.717) is 10.7 Å². The Labute approximate surface area is 102 Å². The van der Waals surface area contributed by atoms with Gasteiger partial charge in [0.05, 0.1) is 6.61 Å². The Hall–Kier alpha value is -1.88. The first kappa shape index (κ1) is 11.6. The molecule has 0 saturated heterocycles. The normalized spacial score (nSPS) is 10.5. The van der Waals surface area contributed by atoms with Crippen molar-refractivity contribution in [2.45, 2.75) is 6.92 Å². The first-order valence-electron chi connectivity index (χ1n) is 4.97. The van der Waals surface area contributed by atoms with Gasteiger partial charge in [0.2, 0.25) is 0 Å². The molecule has 0 fully saturated rings. The number of pyridine rings is 1. The van der Waals surface area contributed by atoms with Gasteiger partial charge in [-0.1, -0.05) is 11.6 Å². The van der Waals surface area contributed by atoms with Crippen LogP contribution in [0, 0.1) is 0 Å². The third-order valence-electron chi connectivity index (χ3n) is 2.17. The standard InChI is InChI=1S/C11H9ClN2O3/c1-2-17-11(16)8-6-13-9-5-7(12)3-4-14(9)10(8)15/h3-6H,2H2,1H3. The third-order valence-corrected chi connectivity index (χ3v) is 2.40. The number of ether oxygens (including phenoxy) is 1. The summed E-state index contributed by atoms with van der Waals surface area (Å²) in [5.41, 5.74) is -0.174. The molecule has 0 saturated carbocycles. The molecule has 0 aromatic carbocycles. The number of rotatable bonds is 2. The van der Waals surface area contributed by atoms with Crippen molar-refractivity contribution in [3.8, 4) is 0 Å². The summed E-state index contributed by atoms with van der Waals surface area (Å²) in [6.45, 7) is 1.88. The SMILES string of the molecule is CCOC(=O)c1cnc2cc(Cl)ccn2c1=O. The zero-order valence-electron chi connectivity index (χ0n) is 9.01. The molecule has 0 aliphatic heterocycles. The van der Waals surface area contributed by atoms with E-state index in [1.165, 1.54) is 22.9 Å². The molecule has 6 heteroatoms. The fraction of sp³-hybridized carbons (Fsp3) is 0.182. The van der Waals surface area contributed by atoms with Crippen molar-refractivity contribution in [1.29, 1.82) is 0 Å². The van der Waals surface area contributed by atoms with Crippen LogP contribution in [-0.4, -0.2) is 22.0 Å². The summed E-state index contributed by atoms with van der Waals surface area (Å²) in [5, 5.41) is 0.473. The average molecular weight is 253 g/mol. The number of carbonyl (C=O) groups excluding carboxylic acids is 1. The second kappa shape index (κ2) is 4.55. The number of aromatic nitrogens is 2. The Morgan fingerprint density at radius 3 is 3.06 bits per heavy atom. The number of hydrogen-bond acceptors (Lipinski definition) is 4. The van der Waals surface area contributed by atoms with Gasteiger partial charge in [-0.3, -0.25) is 9.20 Å². The highest BCUT2D eigenvalue weighted by atomic mass is 35.5. The molecular formula is C11H9ClN2O3. The van der Waals surface area contributed by atoms with E-state index in [9.17, 15) is 9.59 Å². The Kier molecular flexibility index (Phi) is 3.10. The third kappa shape index (κ3) is 2.14. The average Bonchev–Trinajstić information content (AvgIpc) is 2.29. The van der Waals surface area contributed by atoms with Crippen molar-refractivity contribution in [1.82, 2.24) is 9.38 Å². The van der Waals surface area contributed by atoms with Crippen molar-refractivity contribution in [2.75, 3.05) is 6.61 Å². The quantitative estimate of drug-likeness (QED) is 0.761. The van der Waals surface area contributed by atoms with Crippen molar-refractivity contribution >= 4 is 23.2 Å². The van der Waals surface area contributed by atoms with E-state index in [2.05, 4.69) is 4.98 Å². The van der Waals surface area contributed by atoms with Crippen LogP contribution >= 0.6 is 11.6 Å². The van der Waals surface area contributed by atoms with Crippen molar-refractivity contribution in [2.24, 2.45) is 0 Å². The molecule has 0 bridgehead atoms. The number of hydrogen-bond donors (Lipinski definition) is 0. The van der Waals surface area contributed by atoms with Gasteiger partial charge in [0, 0.05) is 23.5 Å². The maximum atomic E-state index is 11.9. The summed E-state index contributed by atoms with van der Waals surface area (Å²) in [7, 11) is 0. The monoisotopic (exact) mass is 252 g/mol. The lowest BCUT2D eigenvalue weighted by atomic mass is 10.3. The van der Waals surface area contributed by atoms with Gasteiger partial charge in [0.25, 0.3) is 5.56 Å². The molecule has 2 heterocycles. The molecule has 5 nitrogen and oxygen atoms in total. The van der Waals surface area contributed by atoms with E-state index in [4.69, 9.17) is 16.3 Å².